The van der Waals surface area contributed by atoms with E-state index < -0.39 is 0 Å². The Labute approximate surface area is 313 Å². The predicted molar refractivity (Wildman–Crippen MR) is 202 cm³/mol. The molecule has 0 saturated carbocycles. The second-order valence-corrected chi connectivity index (χ2v) is 11.9. The lowest BCUT2D eigenvalue weighted by Gasteiger charge is -2.27. The summed E-state index contributed by atoms with van der Waals surface area (Å²) in [5, 5.41) is 9.50. The summed E-state index contributed by atoms with van der Waals surface area (Å²) in [5.41, 5.74) is 9.61. The van der Waals surface area contributed by atoms with Gasteiger partial charge < -0.3 is 44.1 Å². The molecular weight excluding hydrogens is 694 g/mol. The Bertz CT molecular complexity index is 1870. The first kappa shape index (κ1) is 39.2. The summed E-state index contributed by atoms with van der Waals surface area (Å²) in [5.74, 6) is 2.14. The van der Waals surface area contributed by atoms with Gasteiger partial charge in [0.25, 0.3) is 5.91 Å². The van der Waals surface area contributed by atoms with E-state index >= 15 is 0 Å². The lowest BCUT2D eigenvalue weighted by atomic mass is 10.1. The molecule has 0 unspecified atom stereocenters. The van der Waals surface area contributed by atoms with E-state index in [1.54, 1.807) is 59.5 Å². The number of para-hydroxylation sites is 1. The Morgan fingerprint density at radius 1 is 0.907 bits per heavy atom. The van der Waals surface area contributed by atoms with E-state index in [9.17, 15) is 9.59 Å². The van der Waals surface area contributed by atoms with Gasteiger partial charge in [-0.2, -0.15) is 0 Å². The van der Waals surface area contributed by atoms with Gasteiger partial charge in [0.1, 0.15) is 29.4 Å². The van der Waals surface area contributed by atoms with Crippen molar-refractivity contribution in [3.8, 4) is 23.1 Å². The third-order valence-corrected chi connectivity index (χ3v) is 7.76. The fourth-order valence-corrected chi connectivity index (χ4v) is 5.08. The van der Waals surface area contributed by atoms with Crippen LogP contribution < -0.4 is 20.1 Å². The molecule has 1 aliphatic rings. The second kappa shape index (κ2) is 21.5. The number of carbonyl (C=O) groups excluding carboxylic acids is 2. The van der Waals surface area contributed by atoms with Gasteiger partial charge >= 0.3 is 0 Å². The predicted octanol–water partition coefficient (Wildman–Crippen LogP) is 6.05. The number of aromatic nitrogens is 2. The molecule has 1 fully saturated rings. The van der Waals surface area contributed by atoms with Crippen LogP contribution in [0.4, 0.5) is 17.2 Å². The number of nitrogens with one attached hydrogen (secondary N) is 2. The highest BCUT2D eigenvalue weighted by molar-refractivity contribution is 6.02. The van der Waals surface area contributed by atoms with Gasteiger partial charge in [0.15, 0.2) is 0 Å². The van der Waals surface area contributed by atoms with Crippen LogP contribution in [0.25, 0.3) is 10.4 Å². The Balaban J connectivity index is 1.17. The minimum absolute atomic E-state index is 0.178. The minimum Gasteiger partial charge on any atom is -0.457 e. The Morgan fingerprint density at radius 3 is 2.37 bits per heavy atom. The van der Waals surface area contributed by atoms with Crippen molar-refractivity contribution in [2.24, 2.45) is 5.11 Å². The average Bonchev–Trinajstić information content (AvgIpc) is 3.18. The maximum Gasteiger partial charge on any atom is 0.254 e. The smallest absolute Gasteiger partial charge is 0.254 e. The van der Waals surface area contributed by atoms with Crippen LogP contribution in [0, 0.1) is 0 Å². The standard InChI is InChI=1S/C38H43N9O7/c1-46(15-19-52-23-22-50-18-13-42-45-39)14-5-8-36(48)44-31-25-29(38(49)47-16-20-51-21-17-47)24-30(26-31)43-35-27-37(41-28-40-35)54-34-11-9-33(10-12-34)53-32-6-3-2-4-7-32/h2-12,24-28H,13-23H2,1H3,(H,44,48)(H,40,41,43). The average molecular weight is 738 g/mol. The third-order valence-electron chi connectivity index (χ3n) is 7.76. The quantitative estimate of drug-likeness (QED) is 0.0354. The van der Waals surface area contributed by atoms with Gasteiger partial charge in [-0.15, -0.1) is 0 Å². The summed E-state index contributed by atoms with van der Waals surface area (Å²) in [4.78, 5) is 41.4. The van der Waals surface area contributed by atoms with Crippen LogP contribution in [-0.4, -0.2) is 111 Å². The first-order valence-corrected chi connectivity index (χ1v) is 17.4. The molecule has 1 aliphatic heterocycles. The summed E-state index contributed by atoms with van der Waals surface area (Å²) >= 11 is 0. The van der Waals surface area contributed by atoms with Crippen LogP contribution in [0.15, 0.2) is 102 Å². The van der Waals surface area contributed by atoms with Crippen molar-refractivity contribution in [1.29, 1.82) is 0 Å². The molecule has 0 atom stereocenters. The van der Waals surface area contributed by atoms with Gasteiger partial charge in [-0.3, -0.25) is 9.59 Å². The molecule has 1 saturated heterocycles. The molecule has 2 amide bonds. The van der Waals surface area contributed by atoms with Gasteiger partial charge in [-0.1, -0.05) is 29.4 Å². The highest BCUT2D eigenvalue weighted by Crippen LogP contribution is 2.28. The molecule has 0 spiro atoms. The van der Waals surface area contributed by atoms with Gasteiger partial charge in [0.2, 0.25) is 11.8 Å². The van der Waals surface area contributed by atoms with Gasteiger partial charge in [0, 0.05) is 66.7 Å². The van der Waals surface area contributed by atoms with Crippen molar-refractivity contribution in [3.63, 3.8) is 0 Å². The number of likely N-dealkylation sites (N-methyl/N-ethyl adjacent to an activating group) is 1. The van der Waals surface area contributed by atoms with Crippen LogP contribution in [0.5, 0.6) is 23.1 Å². The van der Waals surface area contributed by atoms with E-state index in [0.717, 1.165) is 5.75 Å². The number of benzene rings is 3. The van der Waals surface area contributed by atoms with Crippen molar-refractivity contribution >= 4 is 29.0 Å². The number of morpholine rings is 1. The van der Waals surface area contributed by atoms with E-state index in [1.807, 2.05) is 42.3 Å². The molecule has 1 aromatic heterocycles. The molecule has 282 valence electrons. The van der Waals surface area contributed by atoms with Crippen molar-refractivity contribution in [2.75, 3.05) is 90.0 Å². The topological polar surface area (TPSA) is 185 Å². The number of rotatable bonds is 20. The number of carbonyl (C=O) groups is 2. The van der Waals surface area contributed by atoms with E-state index in [1.165, 1.54) is 12.4 Å². The molecule has 5 rings (SSSR count). The van der Waals surface area contributed by atoms with Gasteiger partial charge in [-0.25, -0.2) is 9.97 Å². The lowest BCUT2D eigenvalue weighted by molar-refractivity contribution is -0.111. The second-order valence-electron chi connectivity index (χ2n) is 11.9. The molecule has 2 heterocycles. The maximum atomic E-state index is 13.5. The number of amides is 2. The van der Waals surface area contributed by atoms with E-state index in [-0.39, 0.29) is 11.8 Å². The molecule has 4 aromatic rings. The zero-order valence-electron chi connectivity index (χ0n) is 30.0. The summed E-state index contributed by atoms with van der Waals surface area (Å²) in [6, 6.07) is 23.4. The van der Waals surface area contributed by atoms with Crippen LogP contribution in [0.2, 0.25) is 0 Å². The SMILES string of the molecule is CN(CC=CC(=O)Nc1cc(Nc2cc(Oc3ccc(Oc4ccccc4)cc3)ncn2)cc(C(=O)N2CCOCC2)c1)CCOCCOCCN=[N+]=[N-]. The zero-order chi connectivity index (χ0) is 37.8. The first-order valence-electron chi connectivity index (χ1n) is 17.4. The molecule has 54 heavy (non-hydrogen) atoms. The lowest BCUT2D eigenvalue weighted by Crippen LogP contribution is -2.40. The largest absolute Gasteiger partial charge is 0.457 e. The molecule has 0 bridgehead atoms. The number of azide groups is 1. The summed E-state index contributed by atoms with van der Waals surface area (Å²) in [6.45, 7) is 5.01. The number of ether oxygens (including phenoxy) is 5. The number of hydrogen-bond donors (Lipinski definition) is 2. The summed E-state index contributed by atoms with van der Waals surface area (Å²) < 4.78 is 28.1. The number of nitrogens with zero attached hydrogens (tertiary/aromatic N) is 7. The van der Waals surface area contributed by atoms with Gasteiger partial charge in [0.05, 0.1) is 39.6 Å². The highest BCUT2D eigenvalue weighted by atomic mass is 16.5. The van der Waals surface area contributed by atoms with E-state index in [2.05, 4.69) is 30.6 Å². The molecule has 3 aromatic carbocycles. The minimum atomic E-state index is -0.350. The fraction of sp³-hybridized carbons (Fsp3) is 0.316. The summed E-state index contributed by atoms with van der Waals surface area (Å²) in [6.07, 6.45) is 4.57. The van der Waals surface area contributed by atoms with Crippen molar-refractivity contribution < 1.29 is 33.3 Å². The molecule has 16 heteroatoms. The molecule has 0 radical (unpaired) electrons. The van der Waals surface area contributed by atoms with Crippen molar-refractivity contribution in [2.45, 2.75) is 0 Å². The zero-order valence-corrected chi connectivity index (χ0v) is 30.0. The van der Waals surface area contributed by atoms with Gasteiger partial charge in [-0.05, 0) is 67.2 Å². The molecule has 0 aliphatic carbocycles. The van der Waals surface area contributed by atoms with E-state index in [0.29, 0.717) is 113 Å². The van der Waals surface area contributed by atoms with Crippen LogP contribution in [-0.2, 0) is 19.0 Å². The molecule has 16 nitrogen and oxygen atoms in total. The number of hydrogen-bond acceptors (Lipinski definition) is 12. The number of anilines is 3. The highest BCUT2D eigenvalue weighted by Gasteiger charge is 2.20. The molecule has 2 N–H and O–H groups in total. The van der Waals surface area contributed by atoms with Crippen molar-refractivity contribution in [3.05, 3.63) is 113 Å². The third kappa shape index (κ3) is 13.5. The van der Waals surface area contributed by atoms with Crippen LogP contribution in [0.1, 0.15) is 10.4 Å². The maximum absolute atomic E-state index is 13.5. The van der Waals surface area contributed by atoms with E-state index in [4.69, 9.17) is 29.2 Å². The first-order chi connectivity index (χ1) is 26.4. The summed E-state index contributed by atoms with van der Waals surface area (Å²) in [7, 11) is 1.92. The monoisotopic (exact) mass is 737 g/mol. The van der Waals surface area contributed by atoms with Crippen LogP contribution >= 0.6 is 0 Å². The van der Waals surface area contributed by atoms with Crippen molar-refractivity contribution in [1.82, 2.24) is 19.8 Å². The van der Waals surface area contributed by atoms with Crippen LogP contribution in [0.3, 0.4) is 0 Å². The molecular formula is C38H43N9O7. The Hall–Kier alpha value is -6.03. The Kier molecular flexibility index (Phi) is 15.6. The Morgan fingerprint density at radius 2 is 1.61 bits per heavy atom. The normalized spacial score (nSPS) is 12.7. The fourth-order valence-electron chi connectivity index (χ4n) is 5.08.